The van der Waals surface area contributed by atoms with Crippen LogP contribution in [0.15, 0.2) is 24.3 Å². The van der Waals surface area contributed by atoms with Crippen LogP contribution in [0.2, 0.25) is 0 Å². The second-order valence-corrected chi connectivity index (χ2v) is 4.40. The van der Waals surface area contributed by atoms with Crippen molar-refractivity contribution in [2.24, 2.45) is 0 Å². The zero-order chi connectivity index (χ0) is 9.97. The summed E-state index contributed by atoms with van der Waals surface area (Å²) >= 11 is 1.53. The monoisotopic (exact) mass is 207 g/mol. The van der Waals surface area contributed by atoms with Gasteiger partial charge in [0.2, 0.25) is 0 Å². The molecule has 1 atom stereocenters. The lowest BCUT2D eigenvalue weighted by molar-refractivity contribution is 0.546. The van der Waals surface area contributed by atoms with Gasteiger partial charge in [-0.3, -0.25) is 5.41 Å². The Balaban J connectivity index is 2.08. The van der Waals surface area contributed by atoms with E-state index in [4.69, 9.17) is 5.41 Å². The zero-order valence-electron chi connectivity index (χ0n) is 8.00. The quantitative estimate of drug-likeness (QED) is 0.658. The predicted octanol–water partition coefficient (Wildman–Crippen LogP) is 1.81. The van der Waals surface area contributed by atoms with Crippen LogP contribution in [0.3, 0.4) is 0 Å². The summed E-state index contributed by atoms with van der Waals surface area (Å²) in [5.74, 6) is 0.912. The Hall–Kier alpha value is -1.00. The summed E-state index contributed by atoms with van der Waals surface area (Å²) in [5, 5.41) is 7.86. The van der Waals surface area contributed by atoms with Gasteiger partial charge in [0.05, 0.1) is 6.04 Å². The van der Waals surface area contributed by atoms with Crippen LogP contribution >= 0.6 is 11.8 Å². The van der Waals surface area contributed by atoms with E-state index in [0.717, 1.165) is 5.75 Å². The number of hydrazine groups is 1. The van der Waals surface area contributed by atoms with E-state index in [1.807, 2.05) is 0 Å². The van der Waals surface area contributed by atoms with Crippen LogP contribution in [-0.2, 0) is 0 Å². The first-order valence-electron chi connectivity index (χ1n) is 4.55. The largest absolute Gasteiger partial charge is 0.300 e. The Morgan fingerprint density at radius 2 is 2.07 bits per heavy atom. The number of hydrogen-bond donors (Lipinski definition) is 3. The van der Waals surface area contributed by atoms with Gasteiger partial charge in [-0.1, -0.05) is 41.6 Å². The van der Waals surface area contributed by atoms with Crippen molar-refractivity contribution in [1.29, 1.82) is 5.41 Å². The second kappa shape index (κ2) is 4.02. The molecule has 0 amide bonds. The number of amidine groups is 1. The Kier molecular flexibility index (Phi) is 2.74. The lowest BCUT2D eigenvalue weighted by atomic mass is 10.1. The van der Waals surface area contributed by atoms with Crippen LogP contribution in [0.25, 0.3) is 0 Å². The molecule has 0 aromatic heterocycles. The van der Waals surface area contributed by atoms with Crippen molar-refractivity contribution in [2.75, 3.05) is 5.75 Å². The smallest absolute Gasteiger partial charge is 0.168 e. The summed E-state index contributed by atoms with van der Waals surface area (Å²) in [6.45, 7) is 2.08. The van der Waals surface area contributed by atoms with E-state index in [9.17, 15) is 0 Å². The molecule has 0 aliphatic carbocycles. The normalized spacial score (nSPS) is 21.8. The molecule has 1 heterocycles. The van der Waals surface area contributed by atoms with Crippen LogP contribution in [0, 0.1) is 12.3 Å². The third-order valence-electron chi connectivity index (χ3n) is 2.23. The molecule has 1 saturated heterocycles. The molecule has 0 bridgehead atoms. The highest BCUT2D eigenvalue weighted by Gasteiger charge is 2.17. The topological polar surface area (TPSA) is 47.9 Å². The Bertz CT molecular complexity index is 324. The molecule has 1 unspecified atom stereocenters. The van der Waals surface area contributed by atoms with Crippen LogP contribution in [0.5, 0.6) is 0 Å². The molecule has 1 fully saturated rings. The number of thioether (sulfide) groups is 1. The van der Waals surface area contributed by atoms with Crippen LogP contribution in [0.1, 0.15) is 17.2 Å². The average Bonchev–Trinajstić information content (AvgIpc) is 2.21. The standard InChI is InChI=1S/C10H13N3S/c1-7-2-4-8(5-3-7)9-6-14-10(11)13-12-9/h2-5,9,12H,6H2,1H3,(H2,11,13). The van der Waals surface area contributed by atoms with Gasteiger partial charge >= 0.3 is 0 Å². The van der Waals surface area contributed by atoms with Gasteiger partial charge in [-0.15, -0.1) is 0 Å². The van der Waals surface area contributed by atoms with Gasteiger partial charge in [0.1, 0.15) is 0 Å². The fraction of sp³-hybridized carbons (Fsp3) is 0.300. The van der Waals surface area contributed by atoms with Crippen molar-refractivity contribution in [3.8, 4) is 0 Å². The highest BCUT2D eigenvalue weighted by molar-refractivity contribution is 8.13. The van der Waals surface area contributed by atoms with Crippen molar-refractivity contribution in [3.63, 3.8) is 0 Å². The fourth-order valence-electron chi connectivity index (χ4n) is 1.38. The number of aryl methyl sites for hydroxylation is 1. The summed E-state index contributed by atoms with van der Waals surface area (Å²) in [4.78, 5) is 0. The average molecular weight is 207 g/mol. The number of benzene rings is 1. The minimum absolute atomic E-state index is 0.301. The summed E-state index contributed by atoms with van der Waals surface area (Å²) in [7, 11) is 0. The molecule has 74 valence electrons. The van der Waals surface area contributed by atoms with E-state index in [-0.39, 0.29) is 0 Å². The number of nitrogens with one attached hydrogen (secondary N) is 3. The third kappa shape index (κ3) is 2.08. The van der Waals surface area contributed by atoms with Crippen LogP contribution in [0.4, 0.5) is 0 Å². The predicted molar refractivity (Wildman–Crippen MR) is 60.4 cm³/mol. The van der Waals surface area contributed by atoms with Crippen LogP contribution in [-0.4, -0.2) is 10.9 Å². The molecular formula is C10H13N3S. The van der Waals surface area contributed by atoms with Gasteiger partial charge in [-0.25, -0.2) is 5.43 Å². The van der Waals surface area contributed by atoms with Crippen molar-refractivity contribution in [1.82, 2.24) is 10.9 Å². The van der Waals surface area contributed by atoms with E-state index in [1.165, 1.54) is 22.9 Å². The first kappa shape index (κ1) is 9.55. The van der Waals surface area contributed by atoms with Gasteiger partial charge in [0.25, 0.3) is 0 Å². The van der Waals surface area contributed by atoms with E-state index in [2.05, 4.69) is 42.0 Å². The molecular weight excluding hydrogens is 194 g/mol. The van der Waals surface area contributed by atoms with E-state index >= 15 is 0 Å². The van der Waals surface area contributed by atoms with Crippen molar-refractivity contribution in [3.05, 3.63) is 35.4 Å². The summed E-state index contributed by atoms with van der Waals surface area (Å²) < 4.78 is 0. The zero-order valence-corrected chi connectivity index (χ0v) is 8.82. The molecule has 0 saturated carbocycles. The van der Waals surface area contributed by atoms with Gasteiger partial charge in [-0.05, 0) is 12.5 Å². The minimum Gasteiger partial charge on any atom is -0.300 e. The molecule has 1 aliphatic heterocycles. The molecule has 2 rings (SSSR count). The molecule has 3 nitrogen and oxygen atoms in total. The van der Waals surface area contributed by atoms with Crippen molar-refractivity contribution in [2.45, 2.75) is 13.0 Å². The third-order valence-corrected chi connectivity index (χ3v) is 3.12. The minimum atomic E-state index is 0.301. The Morgan fingerprint density at radius 1 is 1.36 bits per heavy atom. The molecule has 1 aromatic rings. The summed E-state index contributed by atoms with van der Waals surface area (Å²) in [6.07, 6.45) is 0. The molecule has 4 heteroatoms. The molecule has 14 heavy (non-hydrogen) atoms. The lowest BCUT2D eigenvalue weighted by Crippen LogP contribution is -2.43. The lowest BCUT2D eigenvalue weighted by Gasteiger charge is -2.25. The first-order valence-corrected chi connectivity index (χ1v) is 5.54. The maximum atomic E-state index is 7.36. The molecule has 3 N–H and O–H groups in total. The first-order chi connectivity index (χ1) is 6.75. The Labute approximate surface area is 87.8 Å². The van der Waals surface area contributed by atoms with Crippen LogP contribution < -0.4 is 10.9 Å². The second-order valence-electron chi connectivity index (χ2n) is 3.37. The molecule has 1 aromatic carbocycles. The van der Waals surface area contributed by atoms with Crippen molar-refractivity contribution >= 4 is 16.9 Å². The fourth-order valence-corrected chi connectivity index (χ4v) is 2.12. The SMILES string of the molecule is Cc1ccc(C2CSC(=N)NN2)cc1. The van der Waals surface area contributed by atoms with E-state index in [0.29, 0.717) is 11.2 Å². The van der Waals surface area contributed by atoms with Gasteiger partial charge in [-0.2, -0.15) is 0 Å². The summed E-state index contributed by atoms with van der Waals surface area (Å²) in [6, 6.07) is 8.78. The summed E-state index contributed by atoms with van der Waals surface area (Å²) in [5.41, 5.74) is 8.49. The highest BCUT2D eigenvalue weighted by atomic mass is 32.2. The molecule has 0 radical (unpaired) electrons. The molecule has 0 spiro atoms. The number of rotatable bonds is 1. The Morgan fingerprint density at radius 3 is 2.64 bits per heavy atom. The van der Waals surface area contributed by atoms with Gasteiger partial charge in [0, 0.05) is 5.75 Å². The number of hydrogen-bond acceptors (Lipinski definition) is 3. The van der Waals surface area contributed by atoms with E-state index in [1.54, 1.807) is 0 Å². The van der Waals surface area contributed by atoms with Crippen molar-refractivity contribution < 1.29 is 0 Å². The van der Waals surface area contributed by atoms with E-state index < -0.39 is 0 Å². The maximum Gasteiger partial charge on any atom is 0.168 e. The maximum absolute atomic E-state index is 7.36. The van der Waals surface area contributed by atoms with Gasteiger partial charge in [0.15, 0.2) is 5.17 Å². The van der Waals surface area contributed by atoms with Gasteiger partial charge < -0.3 is 5.43 Å². The molecule has 1 aliphatic rings. The highest BCUT2D eigenvalue weighted by Crippen LogP contribution is 2.21.